The fraction of sp³-hybridized carbons (Fsp3) is 0.320. The van der Waals surface area contributed by atoms with Crippen molar-refractivity contribution in [2.24, 2.45) is 0 Å². The molecule has 1 aliphatic carbocycles. The number of benzene rings is 2. The molecule has 0 atom stereocenters. The van der Waals surface area contributed by atoms with E-state index in [1.807, 2.05) is 17.5 Å². The molecule has 1 fully saturated rings. The van der Waals surface area contributed by atoms with Gasteiger partial charge in [-0.2, -0.15) is 0 Å². The molecule has 2 aromatic heterocycles. The predicted octanol–water partition coefficient (Wildman–Crippen LogP) is 5.27. The summed E-state index contributed by atoms with van der Waals surface area (Å²) >= 11 is 0.925. The van der Waals surface area contributed by atoms with Crippen molar-refractivity contribution in [1.29, 1.82) is 0 Å². The van der Waals surface area contributed by atoms with E-state index in [4.69, 9.17) is 0 Å². The molecule has 0 aliphatic heterocycles. The summed E-state index contributed by atoms with van der Waals surface area (Å²) in [5.41, 5.74) is 4.50. The van der Waals surface area contributed by atoms with E-state index in [1.165, 1.54) is 48.2 Å². The summed E-state index contributed by atoms with van der Waals surface area (Å²) in [6, 6.07) is 17.5. The third-order valence-electron chi connectivity index (χ3n) is 5.92. The number of hydrogen-bond donors (Lipinski definition) is 1. The average Bonchev–Trinajstić information content (AvgIpc) is 3.46. The Hall–Kier alpha value is -1.99. The van der Waals surface area contributed by atoms with Gasteiger partial charge in [0.05, 0.1) is 0 Å². The Bertz CT molecular complexity index is 1200. The van der Waals surface area contributed by atoms with Gasteiger partial charge in [0, 0.05) is 0 Å². The van der Waals surface area contributed by atoms with Gasteiger partial charge in [-0.15, -0.1) is 0 Å². The molecule has 1 N–H and O–H groups in total. The molecule has 6 heteroatoms. The van der Waals surface area contributed by atoms with Gasteiger partial charge in [0.1, 0.15) is 0 Å². The van der Waals surface area contributed by atoms with Crippen LogP contribution in [0.3, 0.4) is 0 Å². The first-order valence-electron chi connectivity index (χ1n) is 11.0. The third kappa shape index (κ3) is 4.93. The topological polar surface area (TPSA) is 50.7 Å². The van der Waals surface area contributed by atoms with Crippen molar-refractivity contribution in [2.75, 3.05) is 5.32 Å². The van der Waals surface area contributed by atoms with Crippen LogP contribution in [-0.2, 0) is 0 Å². The molecule has 0 saturated heterocycles. The van der Waals surface area contributed by atoms with Crippen molar-refractivity contribution in [3.05, 3.63) is 65.3 Å². The molecule has 2 heterocycles. The number of nitrogens with zero attached hydrogens (tertiary/aromatic N) is 3. The van der Waals surface area contributed by atoms with Crippen molar-refractivity contribution in [2.45, 2.75) is 51.4 Å². The first-order valence-corrected chi connectivity index (χ1v) is 14.7. The standard InChI is InChI=1S/C18H17N2.C7H9N2S.Sn/c1-13(2)14-7-5-8-16(10-14)20-17-11-15-6-3-4-9-18(15)19-12-17;1-2-4-6(3-1)7-9-8-5-10-7;/h4-13,20H,1-2H3;6H,1-4H2;. The Morgan fingerprint density at radius 1 is 1.00 bits per heavy atom. The molecule has 1 saturated carbocycles. The molecule has 31 heavy (non-hydrogen) atoms. The zero-order valence-electron chi connectivity index (χ0n) is 17.9. The number of fused-ring (bicyclic) bond motifs is 1. The number of hydrogen-bond acceptors (Lipinski definition) is 5. The van der Waals surface area contributed by atoms with Crippen LogP contribution in [0.4, 0.5) is 11.4 Å². The van der Waals surface area contributed by atoms with Gasteiger partial charge in [0.2, 0.25) is 0 Å². The predicted molar refractivity (Wildman–Crippen MR) is 132 cm³/mol. The Kier molecular flexibility index (Phi) is 6.23. The van der Waals surface area contributed by atoms with Crippen LogP contribution in [0.5, 0.6) is 0 Å². The van der Waals surface area contributed by atoms with Crippen molar-refractivity contribution in [1.82, 2.24) is 15.2 Å². The molecule has 4 nitrogen and oxygen atoms in total. The second-order valence-electron chi connectivity index (χ2n) is 8.59. The maximum absolute atomic E-state index is 4.67. The Morgan fingerprint density at radius 3 is 2.71 bits per heavy atom. The van der Waals surface area contributed by atoms with Gasteiger partial charge < -0.3 is 0 Å². The van der Waals surface area contributed by atoms with Gasteiger partial charge in [-0.25, -0.2) is 0 Å². The van der Waals surface area contributed by atoms with E-state index in [1.54, 1.807) is 0 Å². The Labute approximate surface area is 197 Å². The van der Waals surface area contributed by atoms with E-state index in [9.17, 15) is 0 Å². The fourth-order valence-electron chi connectivity index (χ4n) is 4.17. The summed E-state index contributed by atoms with van der Waals surface area (Å²) in [5, 5.41) is 15.1. The zero-order valence-corrected chi connectivity index (χ0v) is 21.6. The maximum atomic E-state index is 4.67. The summed E-state index contributed by atoms with van der Waals surface area (Å²) in [5.74, 6) is 1.17. The van der Waals surface area contributed by atoms with Crippen LogP contribution in [0.1, 0.15) is 61.9 Å². The number of nitrogens with one attached hydrogen (secondary N) is 1. The third-order valence-corrected chi connectivity index (χ3v) is 11.0. The molecule has 0 unspecified atom stereocenters. The Morgan fingerprint density at radius 2 is 1.87 bits per heavy atom. The van der Waals surface area contributed by atoms with Crippen LogP contribution in [0.15, 0.2) is 54.7 Å². The summed E-state index contributed by atoms with van der Waals surface area (Å²) in [6.07, 6.45) is 7.18. The number of anilines is 2. The van der Waals surface area contributed by atoms with Crippen LogP contribution in [0, 0.1) is 0 Å². The monoisotopic (exact) mass is 534 g/mol. The SMILES string of the molecule is CC(C)c1cccc(Nc2cnc3cc[c]([Sn][c]4nnc(C5CCCC5)s4)cc3c2)c1. The molecule has 0 bridgehead atoms. The van der Waals surface area contributed by atoms with Gasteiger partial charge in [-0.1, -0.05) is 0 Å². The van der Waals surface area contributed by atoms with E-state index in [-0.39, 0.29) is 0 Å². The first kappa shape index (κ1) is 20.9. The fourth-order valence-corrected chi connectivity index (χ4v) is 9.22. The van der Waals surface area contributed by atoms with Gasteiger partial charge in [-0.3, -0.25) is 0 Å². The molecular weight excluding hydrogens is 507 g/mol. The summed E-state index contributed by atoms with van der Waals surface area (Å²) in [6.45, 7) is 4.44. The first-order chi connectivity index (χ1) is 15.1. The zero-order chi connectivity index (χ0) is 21.2. The molecule has 0 spiro atoms. The second-order valence-corrected chi connectivity index (χ2v) is 14.3. The van der Waals surface area contributed by atoms with Crippen LogP contribution in [0.2, 0.25) is 0 Å². The van der Waals surface area contributed by atoms with Crippen molar-refractivity contribution >= 4 is 61.4 Å². The van der Waals surface area contributed by atoms with Crippen LogP contribution < -0.4 is 11.9 Å². The summed E-state index contributed by atoms with van der Waals surface area (Å²) in [4.78, 5) is 4.67. The summed E-state index contributed by atoms with van der Waals surface area (Å²) in [7, 11) is 0. The Balaban J connectivity index is 1.35. The van der Waals surface area contributed by atoms with E-state index in [2.05, 4.69) is 82.9 Å². The van der Waals surface area contributed by atoms with Gasteiger partial charge in [0.15, 0.2) is 0 Å². The molecule has 0 amide bonds. The molecule has 156 valence electrons. The van der Waals surface area contributed by atoms with E-state index in [0.29, 0.717) is 11.8 Å². The van der Waals surface area contributed by atoms with Gasteiger partial charge >= 0.3 is 199 Å². The molecule has 2 aromatic carbocycles. The second kappa shape index (κ2) is 9.25. The number of pyridine rings is 1. The van der Waals surface area contributed by atoms with E-state index in [0.717, 1.165) is 16.9 Å². The van der Waals surface area contributed by atoms with Crippen molar-refractivity contribution in [3.63, 3.8) is 0 Å². The minimum absolute atomic E-state index is 0.514. The van der Waals surface area contributed by atoms with E-state index >= 15 is 0 Å². The molecular formula is C25H26N4SSn. The minimum atomic E-state index is -0.939. The quantitative estimate of drug-likeness (QED) is 0.344. The molecule has 4 aromatic rings. The van der Waals surface area contributed by atoms with Crippen LogP contribution in [0.25, 0.3) is 10.9 Å². The number of aromatic nitrogens is 3. The molecule has 2 radical (unpaired) electrons. The summed E-state index contributed by atoms with van der Waals surface area (Å²) < 4.78 is 2.70. The molecule has 5 rings (SSSR count). The van der Waals surface area contributed by atoms with Gasteiger partial charge in [-0.05, 0) is 0 Å². The molecule has 1 aliphatic rings. The number of rotatable bonds is 6. The average molecular weight is 533 g/mol. The van der Waals surface area contributed by atoms with Crippen LogP contribution >= 0.6 is 11.3 Å². The van der Waals surface area contributed by atoms with Gasteiger partial charge in [0.25, 0.3) is 0 Å². The van der Waals surface area contributed by atoms with Crippen LogP contribution in [-0.4, -0.2) is 36.3 Å². The van der Waals surface area contributed by atoms with Crippen molar-refractivity contribution < 1.29 is 0 Å². The van der Waals surface area contributed by atoms with E-state index < -0.39 is 21.1 Å². The van der Waals surface area contributed by atoms with Crippen molar-refractivity contribution in [3.8, 4) is 0 Å². The normalized spacial score (nSPS) is 14.5.